The summed E-state index contributed by atoms with van der Waals surface area (Å²) in [5.41, 5.74) is 4.05. The van der Waals surface area contributed by atoms with Crippen molar-refractivity contribution in [3.63, 3.8) is 0 Å². The molecule has 0 bridgehead atoms. The summed E-state index contributed by atoms with van der Waals surface area (Å²) in [6.07, 6.45) is 4.74. The molecular formula is C25H26FN3O2S. The highest BCUT2D eigenvalue weighted by Crippen LogP contribution is 2.27. The summed E-state index contributed by atoms with van der Waals surface area (Å²) in [5, 5.41) is 0.667. The molecule has 0 aliphatic carbocycles. The molecule has 1 fully saturated rings. The number of hydrogen-bond acceptors (Lipinski definition) is 4. The van der Waals surface area contributed by atoms with Crippen LogP contribution in [0.15, 0.2) is 53.8 Å². The maximum atomic E-state index is 13.4. The normalized spacial score (nSPS) is 14.6. The minimum Gasteiger partial charge on any atom is -0.337 e. The molecule has 5 nitrogen and oxygen atoms in total. The van der Waals surface area contributed by atoms with Gasteiger partial charge in [-0.1, -0.05) is 35.5 Å². The van der Waals surface area contributed by atoms with E-state index in [1.54, 1.807) is 27.8 Å². The molecule has 2 aromatic carbocycles. The average Bonchev–Trinajstić information content (AvgIpc) is 3.23. The minimum absolute atomic E-state index is 0.0794. The second-order valence-corrected chi connectivity index (χ2v) is 8.96. The van der Waals surface area contributed by atoms with E-state index in [9.17, 15) is 14.0 Å². The fourth-order valence-corrected chi connectivity index (χ4v) is 4.83. The Kier molecular flexibility index (Phi) is 6.46. The number of imidazole rings is 1. The van der Waals surface area contributed by atoms with Crippen LogP contribution in [0.3, 0.4) is 0 Å². The zero-order valence-electron chi connectivity index (χ0n) is 18.5. The van der Waals surface area contributed by atoms with Crippen LogP contribution in [0.2, 0.25) is 0 Å². The molecule has 0 saturated carbocycles. The third-order valence-corrected chi connectivity index (χ3v) is 6.67. The number of rotatable bonds is 5. The number of piperidine rings is 1. The summed E-state index contributed by atoms with van der Waals surface area (Å²) in [4.78, 5) is 32.5. The first-order valence-electron chi connectivity index (χ1n) is 10.7. The molecule has 1 aliphatic heterocycles. The molecule has 1 aromatic heterocycles. The molecule has 1 amide bonds. The van der Waals surface area contributed by atoms with Crippen LogP contribution in [0.1, 0.15) is 44.8 Å². The number of carbonyl (C=O) groups excluding carboxylic acids is 2. The average molecular weight is 452 g/mol. The van der Waals surface area contributed by atoms with Crippen LogP contribution in [-0.2, 0) is 0 Å². The van der Waals surface area contributed by atoms with Gasteiger partial charge in [-0.2, -0.15) is 0 Å². The van der Waals surface area contributed by atoms with Crippen LogP contribution >= 0.6 is 11.8 Å². The lowest BCUT2D eigenvalue weighted by Gasteiger charge is -2.31. The van der Waals surface area contributed by atoms with E-state index in [-0.39, 0.29) is 23.4 Å². The van der Waals surface area contributed by atoms with Gasteiger partial charge >= 0.3 is 0 Å². The van der Waals surface area contributed by atoms with Crippen molar-refractivity contribution < 1.29 is 14.0 Å². The first-order chi connectivity index (χ1) is 15.4. The summed E-state index contributed by atoms with van der Waals surface area (Å²) >= 11 is 1.43. The number of likely N-dealkylation sites (tertiary alicyclic amines) is 1. The first kappa shape index (κ1) is 22.3. The lowest BCUT2D eigenvalue weighted by Crippen LogP contribution is -2.41. The van der Waals surface area contributed by atoms with Crippen molar-refractivity contribution in [3.8, 4) is 5.69 Å². The fourth-order valence-electron chi connectivity index (χ4n) is 4.29. The van der Waals surface area contributed by atoms with E-state index in [1.165, 1.54) is 23.9 Å². The van der Waals surface area contributed by atoms with Gasteiger partial charge in [0.25, 0.3) is 5.91 Å². The largest absolute Gasteiger partial charge is 0.337 e. The van der Waals surface area contributed by atoms with Crippen molar-refractivity contribution >= 4 is 23.5 Å². The van der Waals surface area contributed by atoms with Gasteiger partial charge < -0.3 is 4.90 Å². The summed E-state index contributed by atoms with van der Waals surface area (Å²) in [6.45, 7) is 5.02. The van der Waals surface area contributed by atoms with Crippen LogP contribution < -0.4 is 0 Å². The maximum Gasteiger partial charge on any atom is 0.272 e. The first-order valence-corrected chi connectivity index (χ1v) is 11.9. The Labute approximate surface area is 191 Å². The molecule has 0 atom stereocenters. The van der Waals surface area contributed by atoms with E-state index in [0.717, 1.165) is 16.7 Å². The van der Waals surface area contributed by atoms with Gasteiger partial charge in [-0.05, 0) is 62.8 Å². The Morgan fingerprint density at radius 2 is 1.75 bits per heavy atom. The molecule has 4 rings (SSSR count). The van der Waals surface area contributed by atoms with E-state index in [0.29, 0.717) is 42.5 Å². The van der Waals surface area contributed by atoms with E-state index in [1.807, 2.05) is 38.3 Å². The topological polar surface area (TPSA) is 55.2 Å². The van der Waals surface area contributed by atoms with Gasteiger partial charge in [-0.15, -0.1) is 0 Å². The molecule has 3 aromatic rings. The zero-order valence-corrected chi connectivity index (χ0v) is 19.3. The number of aromatic nitrogens is 2. The lowest BCUT2D eigenvalue weighted by atomic mass is 9.87. The lowest BCUT2D eigenvalue weighted by molar-refractivity contribution is 0.0643. The summed E-state index contributed by atoms with van der Waals surface area (Å²) < 4.78 is 15.2. The highest BCUT2D eigenvalue weighted by molar-refractivity contribution is 7.98. The second-order valence-electron chi connectivity index (χ2n) is 8.19. The molecule has 7 heteroatoms. The van der Waals surface area contributed by atoms with E-state index in [4.69, 9.17) is 0 Å². The second kappa shape index (κ2) is 9.28. The number of benzene rings is 2. The van der Waals surface area contributed by atoms with Crippen LogP contribution in [0.5, 0.6) is 0 Å². The molecular weight excluding hydrogens is 425 g/mol. The van der Waals surface area contributed by atoms with Crippen molar-refractivity contribution in [2.24, 2.45) is 5.92 Å². The van der Waals surface area contributed by atoms with Crippen LogP contribution in [-0.4, -0.2) is 45.5 Å². The summed E-state index contributed by atoms with van der Waals surface area (Å²) in [7, 11) is 0. The van der Waals surface area contributed by atoms with Gasteiger partial charge in [0.15, 0.2) is 10.9 Å². The van der Waals surface area contributed by atoms with Gasteiger partial charge in [0.05, 0.1) is 6.20 Å². The Bertz CT molecular complexity index is 1150. The smallest absolute Gasteiger partial charge is 0.272 e. The van der Waals surface area contributed by atoms with Gasteiger partial charge in [0, 0.05) is 30.3 Å². The number of Topliss-reactive ketones (excluding diaryl/α,β-unsaturated/α-hetero) is 1. The van der Waals surface area contributed by atoms with Crippen molar-refractivity contribution in [2.45, 2.75) is 31.8 Å². The summed E-state index contributed by atoms with van der Waals surface area (Å²) in [5.74, 6) is -0.373. The van der Waals surface area contributed by atoms with Gasteiger partial charge in [0.2, 0.25) is 0 Å². The highest BCUT2D eigenvalue weighted by atomic mass is 32.2. The van der Waals surface area contributed by atoms with Gasteiger partial charge in [0.1, 0.15) is 11.5 Å². The van der Waals surface area contributed by atoms with Crippen molar-refractivity contribution in [1.29, 1.82) is 0 Å². The predicted molar refractivity (Wildman–Crippen MR) is 124 cm³/mol. The number of nitrogens with zero attached hydrogens (tertiary/aromatic N) is 3. The third kappa shape index (κ3) is 4.35. The Morgan fingerprint density at radius 3 is 2.38 bits per heavy atom. The Morgan fingerprint density at radius 1 is 1.06 bits per heavy atom. The van der Waals surface area contributed by atoms with Crippen LogP contribution in [0.4, 0.5) is 4.39 Å². The predicted octanol–water partition coefficient (Wildman–Crippen LogP) is 5.09. The molecule has 32 heavy (non-hydrogen) atoms. The van der Waals surface area contributed by atoms with Crippen LogP contribution in [0, 0.1) is 25.6 Å². The number of aryl methyl sites for hydroxylation is 2. The SMILES string of the molecule is CSc1ncc(C(=O)N2CCC(C(=O)c3ccc(C)cc3C)CC2)n1-c1ccc(F)cc1. The van der Waals surface area contributed by atoms with Crippen molar-refractivity contribution in [1.82, 2.24) is 14.5 Å². The number of carbonyl (C=O) groups is 2. The van der Waals surface area contributed by atoms with Gasteiger partial charge in [-0.25, -0.2) is 9.37 Å². The number of thioether (sulfide) groups is 1. The molecule has 0 radical (unpaired) electrons. The fraction of sp³-hybridized carbons (Fsp3) is 0.320. The third-order valence-electron chi connectivity index (χ3n) is 6.02. The van der Waals surface area contributed by atoms with Crippen molar-refractivity contribution in [3.05, 3.63) is 76.9 Å². The number of hydrogen-bond donors (Lipinski definition) is 0. The van der Waals surface area contributed by atoms with E-state index < -0.39 is 0 Å². The zero-order chi connectivity index (χ0) is 22.8. The quantitative estimate of drug-likeness (QED) is 0.401. The highest BCUT2D eigenvalue weighted by Gasteiger charge is 2.30. The van der Waals surface area contributed by atoms with Crippen molar-refractivity contribution in [2.75, 3.05) is 19.3 Å². The molecule has 166 valence electrons. The number of amides is 1. The number of ketones is 1. The Balaban J connectivity index is 1.50. The minimum atomic E-state index is -0.331. The summed E-state index contributed by atoms with van der Waals surface area (Å²) in [6, 6.07) is 11.9. The van der Waals surface area contributed by atoms with Gasteiger partial charge in [-0.3, -0.25) is 14.2 Å². The maximum absolute atomic E-state index is 13.4. The van der Waals surface area contributed by atoms with E-state index >= 15 is 0 Å². The van der Waals surface area contributed by atoms with Crippen LogP contribution in [0.25, 0.3) is 5.69 Å². The number of halogens is 1. The monoisotopic (exact) mass is 451 g/mol. The molecule has 0 unspecified atom stereocenters. The molecule has 0 N–H and O–H groups in total. The molecule has 2 heterocycles. The molecule has 1 saturated heterocycles. The Hall–Kier alpha value is -2.93. The standard InChI is InChI=1S/C25H26FN3O2S/c1-16-4-9-21(17(2)14-16)23(30)18-10-12-28(13-11-18)24(31)22-15-27-25(32-3)29(22)20-7-5-19(26)6-8-20/h4-9,14-15,18H,10-13H2,1-3H3. The molecule has 1 aliphatic rings. The molecule has 0 spiro atoms. The van der Waals surface area contributed by atoms with E-state index in [2.05, 4.69) is 4.98 Å².